The molecule has 0 saturated heterocycles. The summed E-state index contributed by atoms with van der Waals surface area (Å²) in [6.07, 6.45) is 4.40. The lowest BCUT2D eigenvalue weighted by atomic mass is 10.1. The summed E-state index contributed by atoms with van der Waals surface area (Å²) in [5, 5.41) is 13.3. The van der Waals surface area contributed by atoms with Gasteiger partial charge in [-0.2, -0.15) is 0 Å². The van der Waals surface area contributed by atoms with Crippen molar-refractivity contribution in [2.75, 3.05) is 24.5 Å². The summed E-state index contributed by atoms with van der Waals surface area (Å²) in [4.78, 5) is 6.61. The van der Waals surface area contributed by atoms with Gasteiger partial charge in [-0.05, 0) is 39.8 Å². The lowest BCUT2D eigenvalue weighted by Crippen LogP contribution is -2.23. The van der Waals surface area contributed by atoms with E-state index in [4.69, 9.17) is 0 Å². The molecule has 0 aliphatic rings. The minimum Gasteiger partial charge on any atom is -0.387 e. The number of anilines is 1. The highest BCUT2D eigenvalue weighted by Gasteiger charge is 2.10. The molecule has 1 rings (SSSR count). The first-order valence-electron chi connectivity index (χ1n) is 7.39. The molecule has 1 aromatic heterocycles. The van der Waals surface area contributed by atoms with E-state index in [9.17, 15) is 5.11 Å². The lowest BCUT2D eigenvalue weighted by Gasteiger charge is -2.23. The molecule has 1 aromatic rings. The third-order valence-corrected chi connectivity index (χ3v) is 3.36. The predicted octanol–water partition coefficient (Wildman–Crippen LogP) is 2.86. The van der Waals surface area contributed by atoms with Gasteiger partial charge in [0.15, 0.2) is 0 Å². The van der Waals surface area contributed by atoms with Gasteiger partial charge in [-0.3, -0.25) is 0 Å². The van der Waals surface area contributed by atoms with E-state index >= 15 is 0 Å². The third kappa shape index (κ3) is 4.62. The Balaban J connectivity index is 2.72. The van der Waals surface area contributed by atoms with Crippen LogP contribution < -0.4 is 10.2 Å². The van der Waals surface area contributed by atoms with Crippen LogP contribution in [0, 0.1) is 0 Å². The molecule has 0 aromatic carbocycles. The van der Waals surface area contributed by atoms with Gasteiger partial charge in [0.1, 0.15) is 5.82 Å². The Morgan fingerprint density at radius 3 is 2.70 bits per heavy atom. The Morgan fingerprint density at radius 1 is 1.45 bits per heavy atom. The molecule has 1 atom stereocenters. The number of pyridine rings is 1. The second-order valence-corrected chi connectivity index (χ2v) is 4.84. The normalized spacial score (nSPS) is 13.3. The van der Waals surface area contributed by atoms with E-state index in [1.165, 1.54) is 5.70 Å². The molecule has 4 heteroatoms. The van der Waals surface area contributed by atoms with E-state index in [2.05, 4.69) is 42.0 Å². The van der Waals surface area contributed by atoms with Crippen LogP contribution in [0.25, 0.3) is 0 Å². The molecule has 0 spiro atoms. The molecular formula is C16H27N3O. The van der Waals surface area contributed by atoms with Crippen LogP contribution in [0.15, 0.2) is 30.1 Å². The quantitative estimate of drug-likeness (QED) is 0.717. The predicted molar refractivity (Wildman–Crippen MR) is 84.8 cm³/mol. The molecular weight excluding hydrogens is 250 g/mol. The Labute approximate surface area is 122 Å². The summed E-state index contributed by atoms with van der Waals surface area (Å²) < 4.78 is 0. The van der Waals surface area contributed by atoms with Crippen LogP contribution in [0.1, 0.15) is 45.8 Å². The van der Waals surface area contributed by atoms with E-state index in [1.807, 2.05) is 19.1 Å². The van der Waals surface area contributed by atoms with Crippen molar-refractivity contribution in [3.63, 3.8) is 0 Å². The molecule has 1 unspecified atom stereocenters. The highest BCUT2D eigenvalue weighted by Crippen LogP contribution is 2.19. The van der Waals surface area contributed by atoms with E-state index in [-0.39, 0.29) is 0 Å². The Morgan fingerprint density at radius 2 is 2.20 bits per heavy atom. The molecule has 0 fully saturated rings. The van der Waals surface area contributed by atoms with Gasteiger partial charge in [-0.15, -0.1) is 0 Å². The maximum Gasteiger partial charge on any atom is 0.132 e. The number of rotatable bonds is 8. The average molecular weight is 277 g/mol. The molecule has 0 aliphatic heterocycles. The summed E-state index contributed by atoms with van der Waals surface area (Å²) in [5.74, 6) is 0.917. The van der Waals surface area contributed by atoms with E-state index in [0.717, 1.165) is 30.9 Å². The molecule has 4 nitrogen and oxygen atoms in total. The number of aliphatic hydroxyl groups excluding tert-OH is 1. The SMILES string of the molecule is C/C=C(/C)N(CC)c1ccc(C(O)CNCCC)cn1. The van der Waals surface area contributed by atoms with Gasteiger partial charge < -0.3 is 15.3 Å². The standard InChI is InChI=1S/C16H27N3O/c1-5-10-17-12-15(20)14-8-9-16(18-11-14)19(7-3)13(4)6-2/h6,8-9,11,15,17,20H,5,7,10,12H2,1-4H3/b13-6-. The zero-order chi connectivity index (χ0) is 15.0. The molecule has 0 saturated carbocycles. The van der Waals surface area contributed by atoms with Gasteiger partial charge in [0.25, 0.3) is 0 Å². The summed E-state index contributed by atoms with van der Waals surface area (Å²) in [6, 6.07) is 3.92. The van der Waals surface area contributed by atoms with Crippen LogP contribution in [-0.4, -0.2) is 29.7 Å². The smallest absolute Gasteiger partial charge is 0.132 e. The fourth-order valence-electron chi connectivity index (χ4n) is 2.04. The maximum atomic E-state index is 10.1. The fourth-order valence-corrected chi connectivity index (χ4v) is 2.04. The second kappa shape index (κ2) is 8.72. The van der Waals surface area contributed by atoms with E-state index < -0.39 is 6.10 Å². The lowest BCUT2D eigenvalue weighted by molar-refractivity contribution is 0.174. The van der Waals surface area contributed by atoms with Crippen molar-refractivity contribution in [2.45, 2.75) is 40.2 Å². The molecule has 0 amide bonds. The molecule has 112 valence electrons. The van der Waals surface area contributed by atoms with Crippen molar-refractivity contribution in [1.29, 1.82) is 0 Å². The van der Waals surface area contributed by atoms with E-state index in [1.54, 1.807) is 6.20 Å². The largest absolute Gasteiger partial charge is 0.387 e. The number of aromatic nitrogens is 1. The second-order valence-electron chi connectivity index (χ2n) is 4.84. The number of allylic oxidation sites excluding steroid dienone is 2. The van der Waals surface area contributed by atoms with Crippen LogP contribution >= 0.6 is 0 Å². The summed E-state index contributed by atoms with van der Waals surface area (Å²) in [7, 11) is 0. The average Bonchev–Trinajstić information content (AvgIpc) is 2.48. The summed E-state index contributed by atoms with van der Waals surface area (Å²) in [6.45, 7) is 10.7. The van der Waals surface area contributed by atoms with Gasteiger partial charge in [-0.1, -0.05) is 19.1 Å². The number of aliphatic hydroxyl groups is 1. The zero-order valence-corrected chi connectivity index (χ0v) is 13.1. The van der Waals surface area contributed by atoms with Crippen molar-refractivity contribution in [2.24, 2.45) is 0 Å². The highest BCUT2D eigenvalue weighted by atomic mass is 16.3. The summed E-state index contributed by atoms with van der Waals surface area (Å²) >= 11 is 0. The molecule has 0 radical (unpaired) electrons. The first-order valence-corrected chi connectivity index (χ1v) is 7.39. The Bertz CT molecular complexity index is 414. The van der Waals surface area contributed by atoms with Crippen LogP contribution in [-0.2, 0) is 0 Å². The van der Waals surface area contributed by atoms with Crippen molar-refractivity contribution >= 4 is 5.82 Å². The molecule has 1 heterocycles. The van der Waals surface area contributed by atoms with Crippen LogP contribution in [0.5, 0.6) is 0 Å². The maximum absolute atomic E-state index is 10.1. The molecule has 0 bridgehead atoms. The van der Waals surface area contributed by atoms with Crippen molar-refractivity contribution in [1.82, 2.24) is 10.3 Å². The minimum atomic E-state index is -0.499. The van der Waals surface area contributed by atoms with Crippen molar-refractivity contribution < 1.29 is 5.11 Å². The molecule has 2 N–H and O–H groups in total. The number of nitrogens with zero attached hydrogens (tertiary/aromatic N) is 2. The topological polar surface area (TPSA) is 48.4 Å². The van der Waals surface area contributed by atoms with Crippen molar-refractivity contribution in [3.05, 3.63) is 35.7 Å². The third-order valence-electron chi connectivity index (χ3n) is 3.36. The first kappa shape index (κ1) is 16.7. The Kier molecular flexibility index (Phi) is 7.26. The number of nitrogens with one attached hydrogen (secondary N) is 1. The van der Waals surface area contributed by atoms with Gasteiger partial charge in [0.2, 0.25) is 0 Å². The minimum absolute atomic E-state index is 0.499. The highest BCUT2D eigenvalue weighted by molar-refractivity contribution is 5.45. The van der Waals surface area contributed by atoms with Crippen LogP contribution in [0.2, 0.25) is 0 Å². The first-order chi connectivity index (χ1) is 9.63. The van der Waals surface area contributed by atoms with Crippen LogP contribution in [0.3, 0.4) is 0 Å². The van der Waals surface area contributed by atoms with Crippen molar-refractivity contribution in [3.8, 4) is 0 Å². The van der Waals surface area contributed by atoms with Crippen LogP contribution in [0.4, 0.5) is 5.82 Å². The molecule has 20 heavy (non-hydrogen) atoms. The summed E-state index contributed by atoms with van der Waals surface area (Å²) in [5.41, 5.74) is 2.03. The zero-order valence-electron chi connectivity index (χ0n) is 13.1. The van der Waals surface area contributed by atoms with Gasteiger partial charge in [0, 0.05) is 30.5 Å². The van der Waals surface area contributed by atoms with Gasteiger partial charge in [-0.25, -0.2) is 4.98 Å². The fraction of sp³-hybridized carbons (Fsp3) is 0.562. The van der Waals surface area contributed by atoms with E-state index in [0.29, 0.717) is 6.54 Å². The molecule has 0 aliphatic carbocycles. The monoisotopic (exact) mass is 277 g/mol. The van der Waals surface area contributed by atoms with Gasteiger partial charge in [0.05, 0.1) is 6.10 Å². The van der Waals surface area contributed by atoms with Gasteiger partial charge >= 0.3 is 0 Å². The number of hydrogen-bond donors (Lipinski definition) is 2. The Hall–Kier alpha value is -1.39. The number of hydrogen-bond acceptors (Lipinski definition) is 4.